The molecule has 3 heteroatoms. The second-order valence-electron chi connectivity index (χ2n) is 12.1. The van der Waals surface area contributed by atoms with Crippen molar-refractivity contribution in [2.45, 2.75) is 104 Å². The molecule has 0 spiro atoms. The largest absolute Gasteiger partial charge is 0.356 e. The Labute approximate surface area is 185 Å². The van der Waals surface area contributed by atoms with Gasteiger partial charge < -0.3 is 11.1 Å². The number of amides is 1. The maximum atomic E-state index is 12.2. The molecule has 3 nitrogen and oxygen atoms in total. The predicted molar refractivity (Wildman–Crippen MR) is 125 cm³/mol. The van der Waals surface area contributed by atoms with Crippen molar-refractivity contribution >= 4 is 5.91 Å². The zero-order chi connectivity index (χ0) is 21.4. The summed E-state index contributed by atoms with van der Waals surface area (Å²) in [5.74, 6) is 5.65. The molecule has 0 radical (unpaired) electrons. The Morgan fingerprint density at radius 3 is 2.60 bits per heavy atom. The van der Waals surface area contributed by atoms with Crippen LogP contribution in [-0.4, -0.2) is 19.0 Å². The minimum Gasteiger partial charge on any atom is -0.356 e. The van der Waals surface area contributed by atoms with Crippen molar-refractivity contribution in [2.24, 2.45) is 52.1 Å². The standard InChI is InChI=1S/C27H48N2O/c1-19(8-13-25(30)29-18-6-17-28)22-11-12-23-21-10-9-20-7-4-5-15-26(20,2)24(21)14-16-27(22,23)3/h19-24H,4-18,28H2,1-3H3,(H,29,30)/t19-,20?,21?,22?,23?,24?,26+,27-/m1/s1. The van der Waals surface area contributed by atoms with E-state index in [2.05, 4.69) is 26.1 Å². The first-order valence-electron chi connectivity index (χ1n) is 13.4. The fourth-order valence-corrected chi connectivity index (χ4v) is 9.25. The van der Waals surface area contributed by atoms with Crippen molar-refractivity contribution in [1.29, 1.82) is 0 Å². The maximum Gasteiger partial charge on any atom is 0.220 e. The monoisotopic (exact) mass is 416 g/mol. The van der Waals surface area contributed by atoms with Gasteiger partial charge in [0.1, 0.15) is 0 Å². The molecule has 0 aromatic carbocycles. The molecule has 0 bridgehead atoms. The van der Waals surface area contributed by atoms with Gasteiger partial charge in [-0.05, 0) is 117 Å². The van der Waals surface area contributed by atoms with Crippen LogP contribution in [0.2, 0.25) is 0 Å². The summed E-state index contributed by atoms with van der Waals surface area (Å²) in [5.41, 5.74) is 6.71. The molecule has 4 fully saturated rings. The molecule has 8 atom stereocenters. The van der Waals surface area contributed by atoms with Crippen LogP contribution in [0, 0.1) is 46.3 Å². The third-order valence-corrected chi connectivity index (χ3v) is 10.9. The van der Waals surface area contributed by atoms with E-state index < -0.39 is 0 Å². The lowest BCUT2D eigenvalue weighted by atomic mass is 9.44. The van der Waals surface area contributed by atoms with E-state index >= 15 is 0 Å². The molecule has 30 heavy (non-hydrogen) atoms. The Morgan fingerprint density at radius 2 is 1.80 bits per heavy atom. The molecule has 0 heterocycles. The van der Waals surface area contributed by atoms with Gasteiger partial charge in [0.15, 0.2) is 0 Å². The van der Waals surface area contributed by atoms with Crippen LogP contribution in [0.1, 0.15) is 104 Å². The van der Waals surface area contributed by atoms with Crippen molar-refractivity contribution in [3.8, 4) is 0 Å². The fraction of sp³-hybridized carbons (Fsp3) is 0.963. The molecule has 0 aliphatic heterocycles. The molecular weight excluding hydrogens is 368 g/mol. The van der Waals surface area contributed by atoms with Gasteiger partial charge in [-0.1, -0.05) is 33.6 Å². The van der Waals surface area contributed by atoms with Crippen molar-refractivity contribution in [2.75, 3.05) is 13.1 Å². The van der Waals surface area contributed by atoms with Gasteiger partial charge >= 0.3 is 0 Å². The van der Waals surface area contributed by atoms with E-state index in [1.807, 2.05) is 0 Å². The van der Waals surface area contributed by atoms with Crippen LogP contribution in [0.3, 0.4) is 0 Å². The van der Waals surface area contributed by atoms with Gasteiger partial charge in [0.05, 0.1) is 0 Å². The van der Waals surface area contributed by atoms with E-state index in [0.717, 1.165) is 49.0 Å². The molecule has 1 amide bonds. The molecule has 4 saturated carbocycles. The molecule has 5 unspecified atom stereocenters. The van der Waals surface area contributed by atoms with Gasteiger partial charge in [0.2, 0.25) is 5.91 Å². The molecule has 4 aliphatic rings. The molecule has 0 aromatic heterocycles. The Balaban J connectivity index is 1.38. The average molecular weight is 417 g/mol. The molecule has 3 N–H and O–H groups in total. The Kier molecular flexibility index (Phi) is 6.88. The number of hydrogen-bond acceptors (Lipinski definition) is 2. The number of nitrogens with one attached hydrogen (secondary N) is 1. The van der Waals surface area contributed by atoms with E-state index in [4.69, 9.17) is 5.73 Å². The van der Waals surface area contributed by atoms with Crippen molar-refractivity contribution in [3.05, 3.63) is 0 Å². The van der Waals surface area contributed by atoms with E-state index in [-0.39, 0.29) is 5.91 Å². The van der Waals surface area contributed by atoms with Crippen LogP contribution in [0.25, 0.3) is 0 Å². The SMILES string of the molecule is C[C@H](CCC(=O)NCCCN)C1CCC2C3CCC4CCCC[C@]4(C)C3CC[C@@]21C. The minimum atomic E-state index is 0.224. The van der Waals surface area contributed by atoms with Crippen LogP contribution < -0.4 is 11.1 Å². The van der Waals surface area contributed by atoms with Crippen LogP contribution in [0.5, 0.6) is 0 Å². The highest BCUT2D eigenvalue weighted by Crippen LogP contribution is 2.68. The number of nitrogens with two attached hydrogens (primary N) is 1. The van der Waals surface area contributed by atoms with Gasteiger partial charge in [-0.25, -0.2) is 0 Å². The number of carbonyl (C=O) groups is 1. The van der Waals surface area contributed by atoms with Gasteiger partial charge in [0.25, 0.3) is 0 Å². The van der Waals surface area contributed by atoms with Crippen molar-refractivity contribution in [1.82, 2.24) is 5.32 Å². The highest BCUT2D eigenvalue weighted by molar-refractivity contribution is 5.75. The second-order valence-corrected chi connectivity index (χ2v) is 12.1. The second kappa shape index (κ2) is 9.12. The van der Waals surface area contributed by atoms with Crippen LogP contribution >= 0.6 is 0 Å². The summed E-state index contributed by atoms with van der Waals surface area (Å²) < 4.78 is 0. The summed E-state index contributed by atoms with van der Waals surface area (Å²) in [6.07, 6.45) is 17.4. The quantitative estimate of drug-likeness (QED) is 0.506. The summed E-state index contributed by atoms with van der Waals surface area (Å²) >= 11 is 0. The zero-order valence-corrected chi connectivity index (χ0v) is 20.1. The summed E-state index contributed by atoms with van der Waals surface area (Å²) in [4.78, 5) is 12.2. The molecule has 0 saturated heterocycles. The highest BCUT2D eigenvalue weighted by Gasteiger charge is 2.60. The lowest BCUT2D eigenvalue weighted by molar-refractivity contribution is -0.122. The third-order valence-electron chi connectivity index (χ3n) is 10.9. The van der Waals surface area contributed by atoms with Gasteiger partial charge in [-0.2, -0.15) is 0 Å². The summed E-state index contributed by atoms with van der Waals surface area (Å²) in [6.45, 7) is 9.17. The topological polar surface area (TPSA) is 55.1 Å². The van der Waals surface area contributed by atoms with Crippen molar-refractivity contribution in [3.63, 3.8) is 0 Å². The molecule has 172 valence electrons. The van der Waals surface area contributed by atoms with Crippen LogP contribution in [0.4, 0.5) is 0 Å². The predicted octanol–water partition coefficient (Wildman–Crippen LogP) is 5.92. The van der Waals surface area contributed by atoms with E-state index in [0.29, 0.717) is 29.7 Å². The smallest absolute Gasteiger partial charge is 0.220 e. The normalized spacial score (nSPS) is 43.9. The summed E-state index contributed by atoms with van der Waals surface area (Å²) in [7, 11) is 0. The van der Waals surface area contributed by atoms with Gasteiger partial charge in [-0.15, -0.1) is 0 Å². The Bertz CT molecular complexity index is 606. The van der Waals surface area contributed by atoms with Crippen molar-refractivity contribution < 1.29 is 4.79 Å². The molecular formula is C27H48N2O. The fourth-order valence-electron chi connectivity index (χ4n) is 9.25. The lowest BCUT2D eigenvalue weighted by Gasteiger charge is -2.61. The first-order valence-corrected chi connectivity index (χ1v) is 13.4. The summed E-state index contributed by atoms with van der Waals surface area (Å²) in [5, 5.41) is 3.04. The molecule has 4 aliphatic carbocycles. The minimum absolute atomic E-state index is 0.224. The molecule has 0 aromatic rings. The van der Waals surface area contributed by atoms with E-state index in [9.17, 15) is 4.79 Å². The van der Waals surface area contributed by atoms with E-state index in [1.165, 1.54) is 64.2 Å². The zero-order valence-electron chi connectivity index (χ0n) is 20.1. The Morgan fingerprint density at radius 1 is 1.00 bits per heavy atom. The third kappa shape index (κ3) is 3.97. The Hall–Kier alpha value is -0.570. The van der Waals surface area contributed by atoms with E-state index in [1.54, 1.807) is 0 Å². The molecule has 4 rings (SSSR count). The van der Waals surface area contributed by atoms with Crippen LogP contribution in [-0.2, 0) is 4.79 Å². The van der Waals surface area contributed by atoms with Gasteiger partial charge in [0, 0.05) is 13.0 Å². The number of carbonyl (C=O) groups excluding carboxylic acids is 1. The summed E-state index contributed by atoms with van der Waals surface area (Å²) in [6, 6.07) is 0. The number of rotatable bonds is 7. The lowest BCUT2D eigenvalue weighted by Crippen LogP contribution is -2.53. The average Bonchev–Trinajstić information content (AvgIpc) is 3.09. The number of hydrogen-bond donors (Lipinski definition) is 2. The maximum absolute atomic E-state index is 12.2. The van der Waals surface area contributed by atoms with Gasteiger partial charge in [-0.3, -0.25) is 4.79 Å². The number of fused-ring (bicyclic) bond motifs is 5. The first kappa shape index (κ1) is 22.6. The van der Waals surface area contributed by atoms with Crippen LogP contribution in [0.15, 0.2) is 0 Å². The first-order chi connectivity index (χ1) is 14.4. The highest BCUT2D eigenvalue weighted by atomic mass is 16.1.